The van der Waals surface area contributed by atoms with Crippen LogP contribution in [0.1, 0.15) is 70.2 Å². The molecule has 0 fully saturated rings. The number of carbonyl (C=O) groups excluding carboxylic acids is 3. The number of phenols is 2. The van der Waals surface area contributed by atoms with Gasteiger partial charge in [0.1, 0.15) is 29.2 Å². The van der Waals surface area contributed by atoms with Gasteiger partial charge in [-0.1, -0.05) is 37.6 Å². The second-order valence-corrected chi connectivity index (χ2v) is 11.0. The van der Waals surface area contributed by atoms with Crippen LogP contribution in [0.25, 0.3) is 0 Å². The van der Waals surface area contributed by atoms with Crippen LogP contribution in [0.15, 0.2) is 55.1 Å². The molecular formula is C31H43N3O6. The third-order valence-electron chi connectivity index (χ3n) is 6.18. The average Bonchev–Trinajstić information content (AvgIpc) is 2.85. The molecule has 40 heavy (non-hydrogen) atoms. The molecule has 0 aliphatic heterocycles. The van der Waals surface area contributed by atoms with Gasteiger partial charge in [0.05, 0.1) is 0 Å². The second kappa shape index (κ2) is 14.4. The Labute approximate surface area is 237 Å². The standard InChI is InChI=1S/C31H43N3O6/c1-8-10-21(4)32-28(37)27(23-13-16-26(36)20(3)18-23)34(17-9-2)29(38)25(33-30(39)40-31(5,6)7)19-22-11-14-24(35)15-12-22/h9,11-16,18,21,25,27,35-36H,2,8,10,17,19H2,1,3-7H3,(H,32,37)(H,33,39). The highest BCUT2D eigenvalue weighted by Crippen LogP contribution is 2.28. The van der Waals surface area contributed by atoms with Gasteiger partial charge in [0.15, 0.2) is 0 Å². The lowest BCUT2D eigenvalue weighted by atomic mass is 9.98. The first-order valence-electron chi connectivity index (χ1n) is 13.5. The molecule has 9 nitrogen and oxygen atoms in total. The molecule has 2 aromatic rings. The molecule has 0 heterocycles. The van der Waals surface area contributed by atoms with Gasteiger partial charge in [-0.25, -0.2) is 4.79 Å². The lowest BCUT2D eigenvalue weighted by molar-refractivity contribution is -0.142. The number of benzene rings is 2. The SMILES string of the molecule is C=CCN(C(=O)C(Cc1ccc(O)cc1)NC(=O)OC(C)(C)C)C(C(=O)NC(C)CCC)c1ccc(O)c(C)c1. The summed E-state index contributed by atoms with van der Waals surface area (Å²) >= 11 is 0. The molecule has 0 saturated heterocycles. The fraction of sp³-hybridized carbons (Fsp3) is 0.452. The molecule has 3 amide bonds. The van der Waals surface area contributed by atoms with E-state index in [0.29, 0.717) is 16.7 Å². The van der Waals surface area contributed by atoms with Crippen LogP contribution in [0.5, 0.6) is 11.5 Å². The van der Waals surface area contributed by atoms with Gasteiger partial charge in [-0.2, -0.15) is 0 Å². The van der Waals surface area contributed by atoms with Gasteiger partial charge in [-0.15, -0.1) is 6.58 Å². The zero-order valence-corrected chi connectivity index (χ0v) is 24.4. The van der Waals surface area contributed by atoms with Crippen LogP contribution >= 0.6 is 0 Å². The molecule has 2 rings (SSSR count). The number of nitrogens with zero attached hydrogens (tertiary/aromatic N) is 1. The fourth-order valence-corrected chi connectivity index (χ4v) is 4.33. The van der Waals surface area contributed by atoms with E-state index in [1.165, 1.54) is 29.2 Å². The summed E-state index contributed by atoms with van der Waals surface area (Å²) in [7, 11) is 0. The molecule has 3 atom stereocenters. The number of hydrogen-bond donors (Lipinski definition) is 4. The second-order valence-electron chi connectivity index (χ2n) is 11.0. The van der Waals surface area contributed by atoms with Crippen molar-refractivity contribution in [2.45, 2.75) is 84.5 Å². The Morgan fingerprint density at radius 1 is 1.07 bits per heavy atom. The molecule has 4 N–H and O–H groups in total. The molecule has 3 unspecified atom stereocenters. The van der Waals surface area contributed by atoms with Gasteiger partial charge in [0.25, 0.3) is 0 Å². The Balaban J connectivity index is 2.56. The molecular weight excluding hydrogens is 510 g/mol. The summed E-state index contributed by atoms with van der Waals surface area (Å²) in [5.41, 5.74) is 0.949. The van der Waals surface area contributed by atoms with Crippen molar-refractivity contribution in [2.24, 2.45) is 0 Å². The predicted molar refractivity (Wildman–Crippen MR) is 155 cm³/mol. The van der Waals surface area contributed by atoms with Crippen LogP contribution in [-0.4, -0.2) is 57.3 Å². The minimum atomic E-state index is -1.10. The summed E-state index contributed by atoms with van der Waals surface area (Å²) in [6.45, 7) is 14.6. The number of nitrogens with one attached hydrogen (secondary N) is 2. The third-order valence-corrected chi connectivity index (χ3v) is 6.18. The molecule has 2 aromatic carbocycles. The maximum Gasteiger partial charge on any atom is 0.408 e. The smallest absolute Gasteiger partial charge is 0.408 e. The highest BCUT2D eigenvalue weighted by atomic mass is 16.6. The maximum absolute atomic E-state index is 14.2. The van der Waals surface area contributed by atoms with E-state index in [0.717, 1.165) is 12.8 Å². The number of amides is 3. The molecule has 0 aliphatic rings. The quantitative estimate of drug-likeness (QED) is 0.277. The summed E-state index contributed by atoms with van der Waals surface area (Å²) in [5, 5.41) is 25.5. The molecule has 9 heteroatoms. The van der Waals surface area contributed by atoms with Crippen molar-refractivity contribution < 1.29 is 29.3 Å². The van der Waals surface area contributed by atoms with E-state index >= 15 is 0 Å². The summed E-state index contributed by atoms with van der Waals surface area (Å²) in [4.78, 5) is 42.1. The number of alkyl carbamates (subject to hydrolysis) is 1. The fourth-order valence-electron chi connectivity index (χ4n) is 4.33. The molecule has 0 saturated carbocycles. The van der Waals surface area contributed by atoms with Gasteiger partial charge in [-0.05, 0) is 82.0 Å². The zero-order valence-electron chi connectivity index (χ0n) is 24.4. The van der Waals surface area contributed by atoms with E-state index in [9.17, 15) is 24.6 Å². The van der Waals surface area contributed by atoms with E-state index in [1.807, 2.05) is 13.8 Å². The summed E-state index contributed by atoms with van der Waals surface area (Å²) in [6.07, 6.45) is 2.45. The molecule has 0 spiro atoms. The largest absolute Gasteiger partial charge is 0.508 e. The van der Waals surface area contributed by atoms with Crippen molar-refractivity contribution in [3.8, 4) is 11.5 Å². The summed E-state index contributed by atoms with van der Waals surface area (Å²) in [6, 6.07) is 8.78. The van der Waals surface area contributed by atoms with Crippen molar-refractivity contribution in [1.82, 2.24) is 15.5 Å². The van der Waals surface area contributed by atoms with Gasteiger partial charge >= 0.3 is 6.09 Å². The lowest BCUT2D eigenvalue weighted by Crippen LogP contribution is -2.54. The van der Waals surface area contributed by atoms with Crippen molar-refractivity contribution in [3.05, 3.63) is 71.8 Å². The number of aryl methyl sites for hydroxylation is 1. The molecule has 0 aliphatic carbocycles. The minimum absolute atomic E-state index is 0.0150. The van der Waals surface area contributed by atoms with Gasteiger partial charge < -0.3 is 30.5 Å². The average molecular weight is 554 g/mol. The van der Waals surface area contributed by atoms with Gasteiger partial charge in [0.2, 0.25) is 11.8 Å². The predicted octanol–water partition coefficient (Wildman–Crippen LogP) is 4.90. The topological polar surface area (TPSA) is 128 Å². The van der Waals surface area contributed by atoms with Crippen LogP contribution < -0.4 is 10.6 Å². The lowest BCUT2D eigenvalue weighted by Gasteiger charge is -2.34. The van der Waals surface area contributed by atoms with Gasteiger partial charge in [-0.3, -0.25) is 9.59 Å². The van der Waals surface area contributed by atoms with Crippen LogP contribution in [-0.2, 0) is 20.7 Å². The number of carbonyl (C=O) groups is 3. The van der Waals surface area contributed by atoms with E-state index in [2.05, 4.69) is 17.2 Å². The number of phenolic OH excluding ortho intramolecular Hbond substituents is 2. The van der Waals surface area contributed by atoms with Crippen molar-refractivity contribution >= 4 is 17.9 Å². The van der Waals surface area contributed by atoms with Crippen LogP contribution in [0, 0.1) is 6.92 Å². The minimum Gasteiger partial charge on any atom is -0.508 e. The number of ether oxygens (including phenoxy) is 1. The van der Waals surface area contributed by atoms with Crippen molar-refractivity contribution in [2.75, 3.05) is 6.54 Å². The van der Waals surface area contributed by atoms with Crippen LogP contribution in [0.3, 0.4) is 0 Å². The van der Waals surface area contributed by atoms with E-state index in [1.54, 1.807) is 52.0 Å². The summed E-state index contributed by atoms with van der Waals surface area (Å²) in [5.74, 6) is -0.768. The molecule has 218 valence electrons. The monoisotopic (exact) mass is 553 g/mol. The Bertz CT molecular complexity index is 1170. The van der Waals surface area contributed by atoms with E-state index in [-0.39, 0.29) is 36.4 Å². The van der Waals surface area contributed by atoms with E-state index in [4.69, 9.17) is 4.74 Å². The highest BCUT2D eigenvalue weighted by molar-refractivity contribution is 5.92. The van der Waals surface area contributed by atoms with Crippen molar-refractivity contribution in [3.63, 3.8) is 0 Å². The van der Waals surface area contributed by atoms with E-state index < -0.39 is 29.7 Å². The number of hydrogen-bond acceptors (Lipinski definition) is 6. The first kappa shape index (κ1) is 32.2. The highest BCUT2D eigenvalue weighted by Gasteiger charge is 2.36. The Morgan fingerprint density at radius 2 is 1.73 bits per heavy atom. The number of rotatable bonds is 12. The molecule has 0 bridgehead atoms. The first-order valence-corrected chi connectivity index (χ1v) is 13.5. The van der Waals surface area contributed by atoms with Gasteiger partial charge in [0, 0.05) is 19.0 Å². The first-order chi connectivity index (χ1) is 18.7. The third kappa shape index (κ3) is 9.63. The normalized spacial score (nSPS) is 13.4. The van der Waals surface area contributed by atoms with Crippen molar-refractivity contribution in [1.29, 1.82) is 0 Å². The Kier molecular flexibility index (Phi) is 11.6. The number of aromatic hydroxyl groups is 2. The molecule has 0 aromatic heterocycles. The van der Waals surface area contributed by atoms with Crippen LogP contribution in [0.4, 0.5) is 4.79 Å². The Hall–Kier alpha value is -4.01. The zero-order chi connectivity index (χ0) is 30.0. The maximum atomic E-state index is 14.2. The summed E-state index contributed by atoms with van der Waals surface area (Å²) < 4.78 is 5.43. The van der Waals surface area contributed by atoms with Crippen LogP contribution in [0.2, 0.25) is 0 Å². The Morgan fingerprint density at radius 3 is 2.27 bits per heavy atom. The molecule has 0 radical (unpaired) electrons.